The van der Waals surface area contributed by atoms with E-state index in [9.17, 15) is 9.59 Å². The number of rotatable bonds is 7. The monoisotopic (exact) mass is 426 g/mol. The summed E-state index contributed by atoms with van der Waals surface area (Å²) in [4.78, 5) is 30.1. The summed E-state index contributed by atoms with van der Waals surface area (Å²) in [5.74, 6) is 1.59. The van der Waals surface area contributed by atoms with Crippen LogP contribution in [0.3, 0.4) is 0 Å². The lowest BCUT2D eigenvalue weighted by atomic mass is 10.2. The number of hydrogen-bond acceptors (Lipinski definition) is 7. The summed E-state index contributed by atoms with van der Waals surface area (Å²) in [5, 5.41) is 9.67. The molecule has 0 unspecified atom stereocenters. The molecule has 3 rings (SSSR count). The summed E-state index contributed by atoms with van der Waals surface area (Å²) in [6.07, 6.45) is 0. The molecule has 0 radical (unpaired) electrons. The summed E-state index contributed by atoms with van der Waals surface area (Å²) < 4.78 is 5.22. The van der Waals surface area contributed by atoms with Crippen LogP contribution in [0, 0.1) is 0 Å². The summed E-state index contributed by atoms with van der Waals surface area (Å²) in [5.41, 5.74) is 7.02. The number of aromatic amines is 1. The Balaban J connectivity index is 0.00000280. The van der Waals surface area contributed by atoms with Gasteiger partial charge in [-0.1, -0.05) is 0 Å². The molecule has 4 N–H and O–H groups in total. The van der Waals surface area contributed by atoms with Crippen LogP contribution in [0.25, 0.3) is 11.4 Å². The minimum absolute atomic E-state index is 0. The fraction of sp³-hybridized carbons (Fsp3) is 0.412. The highest BCUT2D eigenvalue weighted by Crippen LogP contribution is 2.18. The molecular formula is C17H23ClN6O3S. The predicted molar refractivity (Wildman–Crippen MR) is 110 cm³/mol. The number of ether oxygens (including phenoxy) is 1. The Bertz CT molecular complexity index is 779. The summed E-state index contributed by atoms with van der Waals surface area (Å²) in [6, 6.07) is 7.23. The van der Waals surface area contributed by atoms with E-state index in [0.717, 1.165) is 5.56 Å². The van der Waals surface area contributed by atoms with Gasteiger partial charge < -0.3 is 20.7 Å². The van der Waals surface area contributed by atoms with Crippen LogP contribution in [0.15, 0.2) is 24.3 Å². The van der Waals surface area contributed by atoms with Crippen LogP contribution in [0.5, 0.6) is 0 Å². The van der Waals surface area contributed by atoms with Crippen molar-refractivity contribution in [3.63, 3.8) is 0 Å². The number of nitrogens with one attached hydrogen (secondary N) is 2. The Morgan fingerprint density at radius 3 is 2.57 bits per heavy atom. The molecule has 2 aromatic rings. The highest BCUT2D eigenvalue weighted by Gasteiger charge is 2.17. The number of thioether (sulfide) groups is 1. The molecule has 11 heteroatoms. The predicted octanol–water partition coefficient (Wildman–Crippen LogP) is 0.883. The van der Waals surface area contributed by atoms with Crippen molar-refractivity contribution in [2.75, 3.05) is 43.1 Å². The van der Waals surface area contributed by atoms with E-state index in [2.05, 4.69) is 20.5 Å². The van der Waals surface area contributed by atoms with Gasteiger partial charge in [-0.3, -0.25) is 14.7 Å². The average Bonchev–Trinajstić information content (AvgIpc) is 3.18. The van der Waals surface area contributed by atoms with Gasteiger partial charge in [0.2, 0.25) is 11.8 Å². The molecule has 0 spiro atoms. The molecule has 2 amide bonds. The van der Waals surface area contributed by atoms with Crippen molar-refractivity contribution < 1.29 is 14.3 Å². The molecule has 1 aliphatic rings. The second kappa shape index (κ2) is 11.0. The van der Waals surface area contributed by atoms with Gasteiger partial charge in [0.15, 0.2) is 5.82 Å². The number of carbonyl (C=O) groups is 2. The zero-order valence-electron chi connectivity index (χ0n) is 15.2. The van der Waals surface area contributed by atoms with Gasteiger partial charge in [0.05, 0.1) is 31.3 Å². The number of halogens is 1. The molecule has 1 aromatic heterocycles. The minimum Gasteiger partial charge on any atom is -0.378 e. The SMILES string of the molecule is Cl.NCc1nc(-c2ccc(NC(=O)CSCC(=O)N3CCOCC3)cc2)n[nH]1. The Labute approximate surface area is 173 Å². The van der Waals surface area contributed by atoms with Crippen LogP contribution in [0.1, 0.15) is 5.82 Å². The largest absolute Gasteiger partial charge is 0.378 e. The topological polar surface area (TPSA) is 126 Å². The highest BCUT2D eigenvalue weighted by molar-refractivity contribution is 8.00. The maximum Gasteiger partial charge on any atom is 0.234 e. The Kier molecular flexibility index (Phi) is 8.71. The third-order valence-electron chi connectivity index (χ3n) is 3.97. The third kappa shape index (κ3) is 6.20. The van der Waals surface area contributed by atoms with Crippen LogP contribution < -0.4 is 11.1 Å². The number of carbonyl (C=O) groups excluding carboxylic acids is 2. The number of benzene rings is 1. The van der Waals surface area contributed by atoms with Gasteiger partial charge in [-0.15, -0.1) is 24.2 Å². The molecule has 152 valence electrons. The lowest BCUT2D eigenvalue weighted by molar-refractivity contribution is -0.132. The third-order valence-corrected chi connectivity index (χ3v) is 4.89. The fourth-order valence-electron chi connectivity index (χ4n) is 2.55. The van der Waals surface area contributed by atoms with Gasteiger partial charge in [-0.05, 0) is 24.3 Å². The first-order chi connectivity index (χ1) is 13.2. The summed E-state index contributed by atoms with van der Waals surface area (Å²) >= 11 is 1.31. The molecule has 1 aromatic carbocycles. The first-order valence-electron chi connectivity index (χ1n) is 8.60. The molecule has 1 fully saturated rings. The number of morpholine rings is 1. The molecule has 0 saturated carbocycles. The Hall–Kier alpha value is -2.14. The summed E-state index contributed by atoms with van der Waals surface area (Å²) in [6.45, 7) is 2.69. The van der Waals surface area contributed by atoms with E-state index < -0.39 is 0 Å². The van der Waals surface area contributed by atoms with E-state index in [1.165, 1.54) is 11.8 Å². The van der Waals surface area contributed by atoms with Gasteiger partial charge in [0.1, 0.15) is 5.82 Å². The average molecular weight is 427 g/mol. The van der Waals surface area contributed by atoms with Crippen molar-refractivity contribution in [3.8, 4) is 11.4 Å². The number of aromatic nitrogens is 3. The van der Waals surface area contributed by atoms with E-state index in [1.807, 2.05) is 12.1 Å². The maximum absolute atomic E-state index is 12.0. The van der Waals surface area contributed by atoms with Crippen molar-refractivity contribution >= 4 is 41.7 Å². The standard InChI is InChI=1S/C17H22N6O3S.ClH/c18-9-14-20-17(22-21-14)12-1-3-13(4-2-12)19-15(24)10-27-11-16(25)23-5-7-26-8-6-23;/h1-4H,5-11,18H2,(H,19,24)(H,20,21,22);1H. The van der Waals surface area contributed by atoms with Gasteiger partial charge in [-0.25, -0.2) is 4.98 Å². The Morgan fingerprint density at radius 1 is 1.21 bits per heavy atom. The van der Waals surface area contributed by atoms with Crippen molar-refractivity contribution in [1.82, 2.24) is 20.1 Å². The number of nitrogens with two attached hydrogens (primary N) is 1. The molecule has 0 atom stereocenters. The van der Waals surface area contributed by atoms with Crippen LogP contribution in [0.2, 0.25) is 0 Å². The van der Waals surface area contributed by atoms with Crippen molar-refractivity contribution in [3.05, 3.63) is 30.1 Å². The number of amides is 2. The van der Waals surface area contributed by atoms with Crippen molar-refractivity contribution in [2.24, 2.45) is 5.73 Å². The van der Waals surface area contributed by atoms with Gasteiger partial charge in [-0.2, -0.15) is 5.10 Å². The highest BCUT2D eigenvalue weighted by atomic mass is 35.5. The van der Waals surface area contributed by atoms with E-state index in [4.69, 9.17) is 10.5 Å². The first kappa shape index (κ1) is 22.2. The van der Waals surface area contributed by atoms with E-state index >= 15 is 0 Å². The Morgan fingerprint density at radius 2 is 1.93 bits per heavy atom. The van der Waals surface area contributed by atoms with E-state index in [-0.39, 0.29) is 30.0 Å². The van der Waals surface area contributed by atoms with E-state index in [1.54, 1.807) is 17.0 Å². The second-order valence-electron chi connectivity index (χ2n) is 5.92. The lowest BCUT2D eigenvalue weighted by Crippen LogP contribution is -2.41. The smallest absolute Gasteiger partial charge is 0.234 e. The van der Waals surface area contributed by atoms with E-state index in [0.29, 0.717) is 55.9 Å². The molecule has 0 bridgehead atoms. The molecule has 1 aliphatic heterocycles. The van der Waals surface area contributed by atoms with Crippen molar-refractivity contribution in [2.45, 2.75) is 6.54 Å². The van der Waals surface area contributed by atoms with Gasteiger partial charge >= 0.3 is 0 Å². The lowest BCUT2D eigenvalue weighted by Gasteiger charge is -2.26. The van der Waals surface area contributed by atoms with Crippen LogP contribution in [0.4, 0.5) is 5.69 Å². The number of anilines is 1. The maximum atomic E-state index is 12.0. The van der Waals surface area contributed by atoms with Gasteiger partial charge in [0, 0.05) is 24.3 Å². The molecule has 28 heavy (non-hydrogen) atoms. The number of nitrogens with zero attached hydrogens (tertiary/aromatic N) is 3. The molecule has 2 heterocycles. The van der Waals surface area contributed by atoms with Crippen molar-refractivity contribution in [1.29, 1.82) is 0 Å². The fourth-order valence-corrected chi connectivity index (χ4v) is 3.27. The normalized spacial score (nSPS) is 13.7. The zero-order valence-corrected chi connectivity index (χ0v) is 16.9. The minimum atomic E-state index is -0.147. The molecule has 9 nitrogen and oxygen atoms in total. The molecule has 0 aliphatic carbocycles. The zero-order chi connectivity index (χ0) is 19.1. The molecular weight excluding hydrogens is 404 g/mol. The van der Waals surface area contributed by atoms with Crippen LogP contribution in [-0.2, 0) is 20.9 Å². The number of hydrogen-bond donors (Lipinski definition) is 3. The first-order valence-corrected chi connectivity index (χ1v) is 9.76. The van der Waals surface area contributed by atoms with Crippen LogP contribution in [-0.4, -0.2) is 69.7 Å². The molecule has 1 saturated heterocycles. The quantitative estimate of drug-likeness (QED) is 0.599. The summed E-state index contributed by atoms with van der Waals surface area (Å²) in [7, 11) is 0. The second-order valence-corrected chi connectivity index (χ2v) is 6.91. The number of H-pyrrole nitrogens is 1. The van der Waals surface area contributed by atoms with Crippen LogP contribution >= 0.6 is 24.2 Å². The van der Waals surface area contributed by atoms with Gasteiger partial charge in [0.25, 0.3) is 0 Å².